The number of aromatic nitrogens is 1. The van der Waals surface area contributed by atoms with Crippen LogP contribution in [0.25, 0.3) is 0 Å². The van der Waals surface area contributed by atoms with Crippen LogP contribution >= 0.6 is 27.7 Å². The molecule has 1 aromatic carbocycles. The highest BCUT2D eigenvalue weighted by Gasteiger charge is 2.09. The van der Waals surface area contributed by atoms with Crippen LogP contribution in [0, 0.1) is 0 Å². The summed E-state index contributed by atoms with van der Waals surface area (Å²) in [6.07, 6.45) is 3.62. The number of halogens is 1. The number of hydrogen-bond donors (Lipinski definition) is 1. The van der Waals surface area contributed by atoms with E-state index in [-0.39, 0.29) is 0 Å². The molecule has 4 heteroatoms. The average Bonchev–Trinajstić information content (AvgIpc) is 2.40. The van der Waals surface area contributed by atoms with Gasteiger partial charge in [0.05, 0.1) is 6.10 Å². The lowest BCUT2D eigenvalue weighted by Crippen LogP contribution is -2.02. The van der Waals surface area contributed by atoms with Gasteiger partial charge >= 0.3 is 0 Å². The molecule has 0 saturated heterocycles. The molecular formula is C15H16BrNOS. The third-order valence-electron chi connectivity index (χ3n) is 2.77. The van der Waals surface area contributed by atoms with Crippen molar-refractivity contribution >= 4 is 27.7 Å². The van der Waals surface area contributed by atoms with E-state index in [2.05, 4.69) is 40.0 Å². The van der Waals surface area contributed by atoms with Crippen LogP contribution in [0.3, 0.4) is 0 Å². The monoisotopic (exact) mass is 337 g/mol. The van der Waals surface area contributed by atoms with Gasteiger partial charge in [0, 0.05) is 28.2 Å². The molecule has 0 aliphatic carbocycles. The van der Waals surface area contributed by atoms with Gasteiger partial charge in [-0.1, -0.05) is 19.1 Å². The molecule has 0 aliphatic rings. The molecule has 0 bridgehead atoms. The summed E-state index contributed by atoms with van der Waals surface area (Å²) in [5.74, 6) is 1.06. The van der Waals surface area contributed by atoms with Crippen molar-refractivity contribution in [2.75, 3.05) is 5.75 Å². The normalized spacial score (nSPS) is 12.4. The van der Waals surface area contributed by atoms with Crippen molar-refractivity contribution in [2.24, 2.45) is 0 Å². The lowest BCUT2D eigenvalue weighted by molar-refractivity contribution is 0.178. The van der Waals surface area contributed by atoms with Crippen LogP contribution < -0.4 is 0 Å². The van der Waals surface area contributed by atoms with E-state index in [1.165, 1.54) is 4.90 Å². The predicted molar refractivity (Wildman–Crippen MR) is 83.4 cm³/mol. The highest BCUT2D eigenvalue weighted by atomic mass is 79.9. The molecule has 2 aromatic rings. The molecule has 19 heavy (non-hydrogen) atoms. The molecule has 1 heterocycles. The zero-order valence-electron chi connectivity index (χ0n) is 10.7. The van der Waals surface area contributed by atoms with Crippen LogP contribution in [-0.4, -0.2) is 15.8 Å². The average molecular weight is 338 g/mol. The Morgan fingerprint density at radius 2 is 2.00 bits per heavy atom. The standard InChI is InChI=1S/C15H16BrNOS/c1-2-19-14-5-3-12(4-6-14)15(18)8-11-7-13(16)10-17-9-11/h3-7,9-10,15,18H,2,8H2,1H3. The van der Waals surface area contributed by atoms with E-state index in [0.717, 1.165) is 21.4 Å². The van der Waals surface area contributed by atoms with E-state index >= 15 is 0 Å². The Morgan fingerprint density at radius 3 is 2.63 bits per heavy atom. The van der Waals surface area contributed by atoms with Crippen LogP contribution in [0.5, 0.6) is 0 Å². The van der Waals surface area contributed by atoms with E-state index in [1.807, 2.05) is 18.2 Å². The third kappa shape index (κ3) is 4.34. The predicted octanol–water partition coefficient (Wildman–Crippen LogP) is 4.23. The third-order valence-corrected chi connectivity index (χ3v) is 4.09. The first-order valence-corrected chi connectivity index (χ1v) is 7.97. The van der Waals surface area contributed by atoms with Crippen molar-refractivity contribution in [1.29, 1.82) is 0 Å². The maximum Gasteiger partial charge on any atom is 0.0830 e. The summed E-state index contributed by atoms with van der Waals surface area (Å²) in [7, 11) is 0. The molecule has 2 nitrogen and oxygen atoms in total. The van der Waals surface area contributed by atoms with Crippen molar-refractivity contribution < 1.29 is 5.11 Å². The fourth-order valence-electron chi connectivity index (χ4n) is 1.86. The number of nitrogens with zero attached hydrogens (tertiary/aromatic N) is 1. The Hall–Kier alpha value is -0.840. The summed E-state index contributed by atoms with van der Waals surface area (Å²) in [6.45, 7) is 2.13. The molecule has 0 aliphatic heterocycles. The Bertz CT molecular complexity index is 530. The van der Waals surface area contributed by atoms with Crippen LogP contribution in [-0.2, 0) is 6.42 Å². The molecule has 1 atom stereocenters. The molecule has 0 amide bonds. The second-order valence-electron chi connectivity index (χ2n) is 4.23. The lowest BCUT2D eigenvalue weighted by Gasteiger charge is -2.11. The minimum Gasteiger partial charge on any atom is -0.388 e. The van der Waals surface area contributed by atoms with Crippen LogP contribution in [0.2, 0.25) is 0 Å². The summed E-state index contributed by atoms with van der Waals surface area (Å²) in [5, 5.41) is 10.2. The van der Waals surface area contributed by atoms with Crippen LogP contribution in [0.4, 0.5) is 0 Å². The molecule has 0 saturated carbocycles. The van der Waals surface area contributed by atoms with Gasteiger partial charge in [-0.15, -0.1) is 11.8 Å². The van der Waals surface area contributed by atoms with E-state index in [1.54, 1.807) is 24.2 Å². The minimum absolute atomic E-state index is 0.489. The SMILES string of the molecule is CCSc1ccc(C(O)Cc2cncc(Br)c2)cc1. The maximum atomic E-state index is 10.2. The quantitative estimate of drug-likeness (QED) is 0.828. The number of benzene rings is 1. The molecule has 1 unspecified atom stereocenters. The van der Waals surface area contributed by atoms with E-state index < -0.39 is 6.10 Å². The van der Waals surface area contributed by atoms with Gasteiger partial charge < -0.3 is 5.11 Å². The number of aliphatic hydroxyl groups is 1. The zero-order chi connectivity index (χ0) is 13.7. The molecular weight excluding hydrogens is 322 g/mol. The fraction of sp³-hybridized carbons (Fsp3) is 0.267. The first-order valence-electron chi connectivity index (χ1n) is 6.19. The van der Waals surface area contributed by atoms with Gasteiger partial charge in [-0.05, 0) is 51.0 Å². The summed E-state index contributed by atoms with van der Waals surface area (Å²) >= 11 is 5.19. The largest absolute Gasteiger partial charge is 0.388 e. The van der Waals surface area contributed by atoms with E-state index in [9.17, 15) is 5.11 Å². The molecule has 0 radical (unpaired) electrons. The highest BCUT2D eigenvalue weighted by molar-refractivity contribution is 9.10. The van der Waals surface area contributed by atoms with Crippen molar-refractivity contribution in [3.63, 3.8) is 0 Å². The number of pyridine rings is 1. The summed E-state index contributed by atoms with van der Waals surface area (Å²) < 4.78 is 0.937. The number of hydrogen-bond acceptors (Lipinski definition) is 3. The Balaban J connectivity index is 2.05. The highest BCUT2D eigenvalue weighted by Crippen LogP contribution is 2.23. The zero-order valence-corrected chi connectivity index (χ0v) is 13.1. The van der Waals surface area contributed by atoms with Gasteiger partial charge in [-0.3, -0.25) is 4.98 Å². The number of aliphatic hydroxyl groups excluding tert-OH is 1. The summed E-state index contributed by atoms with van der Waals surface area (Å²) in [5.41, 5.74) is 1.97. The van der Waals surface area contributed by atoms with Crippen molar-refractivity contribution in [1.82, 2.24) is 4.98 Å². The molecule has 2 rings (SSSR count). The summed E-state index contributed by atoms with van der Waals surface area (Å²) in [4.78, 5) is 5.35. The molecule has 1 N–H and O–H groups in total. The lowest BCUT2D eigenvalue weighted by atomic mass is 10.0. The Kier molecular flexibility index (Phi) is 5.43. The minimum atomic E-state index is -0.489. The topological polar surface area (TPSA) is 33.1 Å². The molecule has 100 valence electrons. The van der Waals surface area contributed by atoms with Gasteiger partial charge in [-0.2, -0.15) is 0 Å². The number of rotatable bonds is 5. The Labute approximate surface area is 126 Å². The maximum absolute atomic E-state index is 10.2. The fourth-order valence-corrected chi connectivity index (χ4v) is 2.94. The van der Waals surface area contributed by atoms with Gasteiger partial charge in [0.25, 0.3) is 0 Å². The van der Waals surface area contributed by atoms with Gasteiger partial charge in [0.2, 0.25) is 0 Å². The van der Waals surface area contributed by atoms with Crippen LogP contribution in [0.1, 0.15) is 24.2 Å². The van der Waals surface area contributed by atoms with E-state index in [4.69, 9.17) is 0 Å². The molecule has 1 aromatic heterocycles. The van der Waals surface area contributed by atoms with Crippen molar-refractivity contribution in [2.45, 2.75) is 24.3 Å². The molecule has 0 spiro atoms. The first kappa shape index (κ1) is 14.6. The molecule has 0 fully saturated rings. The van der Waals surface area contributed by atoms with Gasteiger partial charge in [0.15, 0.2) is 0 Å². The smallest absolute Gasteiger partial charge is 0.0830 e. The van der Waals surface area contributed by atoms with E-state index in [0.29, 0.717) is 6.42 Å². The summed E-state index contributed by atoms with van der Waals surface area (Å²) in [6, 6.07) is 10.1. The van der Waals surface area contributed by atoms with Gasteiger partial charge in [-0.25, -0.2) is 0 Å². The second kappa shape index (κ2) is 7.08. The first-order chi connectivity index (χ1) is 9.19. The van der Waals surface area contributed by atoms with Crippen molar-refractivity contribution in [3.05, 3.63) is 58.3 Å². The van der Waals surface area contributed by atoms with Gasteiger partial charge in [0.1, 0.15) is 0 Å². The Morgan fingerprint density at radius 1 is 1.26 bits per heavy atom. The second-order valence-corrected chi connectivity index (χ2v) is 6.49. The van der Waals surface area contributed by atoms with Crippen molar-refractivity contribution in [3.8, 4) is 0 Å². The van der Waals surface area contributed by atoms with Crippen LogP contribution in [0.15, 0.2) is 52.1 Å². The number of thioether (sulfide) groups is 1.